The number of nitrogens with zero attached hydrogens (tertiary/aromatic N) is 6. The highest BCUT2D eigenvalue weighted by Gasteiger charge is 2.18. The fourth-order valence-corrected chi connectivity index (χ4v) is 3.63. The molecule has 0 bridgehead atoms. The molecular weight excluding hydrogens is 366 g/mol. The average Bonchev–Trinajstić information content (AvgIpc) is 3.13. The van der Waals surface area contributed by atoms with E-state index in [1.807, 2.05) is 6.07 Å². The standard InChI is InChI=1S/C17H27N7O2S/c1-2-27(25,26)21-16-14-20-24(15-16)9-4-3-8-22-10-12-23(13-11-22)17-18-6-5-7-19-17/h5-7,14-15,21H,2-4,8-13H2,1H3. The maximum absolute atomic E-state index is 11.6. The molecule has 0 spiro atoms. The summed E-state index contributed by atoms with van der Waals surface area (Å²) in [6.45, 7) is 7.38. The molecule has 1 aliphatic rings. The van der Waals surface area contributed by atoms with E-state index in [0.717, 1.165) is 58.1 Å². The number of nitrogens with one attached hydrogen (secondary N) is 1. The Labute approximate surface area is 160 Å². The van der Waals surface area contributed by atoms with Gasteiger partial charge in [0.1, 0.15) is 0 Å². The van der Waals surface area contributed by atoms with Gasteiger partial charge in [-0.1, -0.05) is 0 Å². The lowest BCUT2D eigenvalue weighted by molar-refractivity contribution is 0.249. The summed E-state index contributed by atoms with van der Waals surface area (Å²) in [5.41, 5.74) is 0.524. The van der Waals surface area contributed by atoms with Gasteiger partial charge in [0.05, 0.1) is 17.6 Å². The molecule has 1 saturated heterocycles. The molecule has 9 nitrogen and oxygen atoms in total. The smallest absolute Gasteiger partial charge is 0.232 e. The third-order valence-electron chi connectivity index (χ3n) is 4.61. The van der Waals surface area contributed by atoms with Crippen molar-refractivity contribution in [3.8, 4) is 0 Å². The minimum Gasteiger partial charge on any atom is -0.338 e. The minimum absolute atomic E-state index is 0.0574. The van der Waals surface area contributed by atoms with Crippen LogP contribution in [0.3, 0.4) is 0 Å². The van der Waals surface area contributed by atoms with E-state index in [0.29, 0.717) is 5.69 Å². The van der Waals surface area contributed by atoms with Gasteiger partial charge >= 0.3 is 0 Å². The van der Waals surface area contributed by atoms with Gasteiger partial charge in [0.25, 0.3) is 0 Å². The summed E-state index contributed by atoms with van der Waals surface area (Å²) in [5, 5.41) is 4.22. The number of unbranched alkanes of at least 4 members (excludes halogenated alkanes) is 1. The van der Waals surface area contributed by atoms with Gasteiger partial charge < -0.3 is 4.90 Å². The number of hydrogen-bond acceptors (Lipinski definition) is 7. The molecular formula is C17H27N7O2S. The number of piperazine rings is 1. The molecule has 2 aromatic heterocycles. The van der Waals surface area contributed by atoms with Crippen molar-refractivity contribution < 1.29 is 8.42 Å². The van der Waals surface area contributed by atoms with Crippen molar-refractivity contribution in [3.05, 3.63) is 30.9 Å². The van der Waals surface area contributed by atoms with E-state index in [1.165, 1.54) is 0 Å². The quantitative estimate of drug-likeness (QED) is 0.636. The first-order chi connectivity index (χ1) is 13.1. The van der Waals surface area contributed by atoms with E-state index in [2.05, 4.69) is 29.6 Å². The highest BCUT2D eigenvalue weighted by atomic mass is 32.2. The van der Waals surface area contributed by atoms with Gasteiger partial charge in [-0.25, -0.2) is 18.4 Å². The number of anilines is 2. The SMILES string of the molecule is CCS(=O)(=O)Nc1cnn(CCCCN2CCN(c3ncccn3)CC2)c1. The fraction of sp³-hybridized carbons (Fsp3) is 0.588. The summed E-state index contributed by atoms with van der Waals surface area (Å²) in [5.74, 6) is 0.868. The van der Waals surface area contributed by atoms with E-state index in [1.54, 1.807) is 36.4 Å². The van der Waals surface area contributed by atoms with Crippen LogP contribution >= 0.6 is 0 Å². The molecule has 0 atom stereocenters. The van der Waals surface area contributed by atoms with Gasteiger partial charge in [0, 0.05) is 51.3 Å². The van der Waals surface area contributed by atoms with Crippen LogP contribution in [-0.4, -0.2) is 71.5 Å². The maximum atomic E-state index is 11.6. The first-order valence-corrected chi connectivity index (χ1v) is 11.0. The molecule has 0 amide bonds. The number of rotatable bonds is 9. The Balaban J connectivity index is 1.34. The Bertz CT molecular complexity index is 802. The van der Waals surface area contributed by atoms with Crippen LogP contribution < -0.4 is 9.62 Å². The van der Waals surface area contributed by atoms with Crippen molar-refractivity contribution in [2.75, 3.05) is 48.1 Å². The van der Waals surface area contributed by atoms with Gasteiger partial charge in [0.15, 0.2) is 0 Å². The van der Waals surface area contributed by atoms with Crippen LogP contribution in [0, 0.1) is 0 Å². The first kappa shape index (κ1) is 19.6. The number of aromatic nitrogens is 4. The summed E-state index contributed by atoms with van der Waals surface area (Å²) in [6, 6.07) is 1.83. The molecule has 0 unspecified atom stereocenters. The molecule has 0 saturated carbocycles. The van der Waals surface area contributed by atoms with Crippen LogP contribution in [0.15, 0.2) is 30.9 Å². The van der Waals surface area contributed by atoms with Gasteiger partial charge in [-0.15, -0.1) is 0 Å². The summed E-state index contributed by atoms with van der Waals surface area (Å²) < 4.78 is 27.4. The molecule has 0 radical (unpaired) electrons. The van der Waals surface area contributed by atoms with Crippen LogP contribution in [0.2, 0.25) is 0 Å². The van der Waals surface area contributed by atoms with Crippen LogP contribution in [0.25, 0.3) is 0 Å². The van der Waals surface area contributed by atoms with Gasteiger partial charge in [-0.3, -0.25) is 14.3 Å². The Kier molecular flexibility index (Phi) is 6.62. The van der Waals surface area contributed by atoms with E-state index < -0.39 is 10.0 Å². The topological polar surface area (TPSA) is 96.2 Å². The molecule has 3 rings (SSSR count). The average molecular weight is 394 g/mol. The lowest BCUT2D eigenvalue weighted by Gasteiger charge is -2.34. The summed E-state index contributed by atoms with van der Waals surface area (Å²) >= 11 is 0. The van der Waals surface area contributed by atoms with E-state index in [4.69, 9.17) is 0 Å². The van der Waals surface area contributed by atoms with Crippen LogP contribution in [0.5, 0.6) is 0 Å². The molecule has 0 aliphatic carbocycles. The zero-order valence-electron chi connectivity index (χ0n) is 15.7. The highest BCUT2D eigenvalue weighted by molar-refractivity contribution is 7.92. The lowest BCUT2D eigenvalue weighted by Crippen LogP contribution is -2.47. The van der Waals surface area contributed by atoms with E-state index in [9.17, 15) is 8.42 Å². The monoisotopic (exact) mass is 393 g/mol. The van der Waals surface area contributed by atoms with Crippen LogP contribution in [0.1, 0.15) is 19.8 Å². The second kappa shape index (κ2) is 9.14. The predicted molar refractivity (Wildman–Crippen MR) is 105 cm³/mol. The lowest BCUT2D eigenvalue weighted by atomic mass is 10.2. The van der Waals surface area contributed by atoms with Crippen molar-refractivity contribution in [2.45, 2.75) is 26.3 Å². The van der Waals surface area contributed by atoms with Crippen molar-refractivity contribution >= 4 is 21.7 Å². The minimum atomic E-state index is -3.25. The molecule has 10 heteroatoms. The predicted octanol–water partition coefficient (Wildman–Crippen LogP) is 1.04. The molecule has 0 aromatic carbocycles. The van der Waals surface area contributed by atoms with Crippen molar-refractivity contribution in [3.63, 3.8) is 0 Å². The number of aryl methyl sites for hydroxylation is 1. The third kappa shape index (κ3) is 5.90. The normalized spacial score (nSPS) is 15.8. The Morgan fingerprint density at radius 2 is 1.78 bits per heavy atom. The van der Waals surface area contributed by atoms with Crippen molar-refractivity contribution in [2.24, 2.45) is 0 Å². The Morgan fingerprint density at radius 1 is 1.07 bits per heavy atom. The molecule has 3 heterocycles. The molecule has 148 valence electrons. The van der Waals surface area contributed by atoms with Crippen LogP contribution in [0.4, 0.5) is 11.6 Å². The zero-order valence-corrected chi connectivity index (χ0v) is 16.5. The second-order valence-electron chi connectivity index (χ2n) is 6.58. The molecule has 27 heavy (non-hydrogen) atoms. The van der Waals surface area contributed by atoms with Crippen molar-refractivity contribution in [1.82, 2.24) is 24.6 Å². The molecule has 2 aromatic rings. The maximum Gasteiger partial charge on any atom is 0.232 e. The van der Waals surface area contributed by atoms with Crippen LogP contribution in [-0.2, 0) is 16.6 Å². The number of sulfonamides is 1. The Hall–Kier alpha value is -2.20. The van der Waals surface area contributed by atoms with E-state index >= 15 is 0 Å². The van der Waals surface area contributed by atoms with Gasteiger partial charge in [-0.2, -0.15) is 5.10 Å². The molecule has 1 aliphatic heterocycles. The number of hydrogen-bond donors (Lipinski definition) is 1. The van der Waals surface area contributed by atoms with Gasteiger partial charge in [0.2, 0.25) is 16.0 Å². The highest BCUT2D eigenvalue weighted by Crippen LogP contribution is 2.11. The van der Waals surface area contributed by atoms with Crippen molar-refractivity contribution in [1.29, 1.82) is 0 Å². The fourth-order valence-electron chi connectivity index (χ4n) is 3.03. The largest absolute Gasteiger partial charge is 0.338 e. The first-order valence-electron chi connectivity index (χ1n) is 9.33. The summed E-state index contributed by atoms with van der Waals surface area (Å²) in [4.78, 5) is 13.3. The van der Waals surface area contributed by atoms with Gasteiger partial charge in [-0.05, 0) is 32.4 Å². The third-order valence-corrected chi connectivity index (χ3v) is 5.91. The molecule has 1 N–H and O–H groups in total. The summed E-state index contributed by atoms with van der Waals surface area (Å²) in [7, 11) is -3.25. The van der Waals surface area contributed by atoms with E-state index in [-0.39, 0.29) is 5.75 Å². The second-order valence-corrected chi connectivity index (χ2v) is 8.59. The molecule has 1 fully saturated rings. The Morgan fingerprint density at radius 3 is 2.48 bits per heavy atom. The summed E-state index contributed by atoms with van der Waals surface area (Å²) in [6.07, 6.45) is 8.94. The zero-order chi connectivity index (χ0) is 19.1.